The summed E-state index contributed by atoms with van der Waals surface area (Å²) in [5, 5.41) is 2.87. The molecule has 0 aliphatic rings. The van der Waals surface area contributed by atoms with Gasteiger partial charge in [0.15, 0.2) is 0 Å². The summed E-state index contributed by atoms with van der Waals surface area (Å²) in [7, 11) is 0. The monoisotopic (exact) mass is 322 g/mol. The first-order chi connectivity index (χ1) is 8.99. The average Bonchev–Trinajstić information content (AvgIpc) is 2.79. The van der Waals surface area contributed by atoms with Crippen LogP contribution in [0.25, 0.3) is 0 Å². The summed E-state index contributed by atoms with van der Waals surface area (Å²) in [5.74, 6) is 1.08. The van der Waals surface area contributed by atoms with Gasteiger partial charge in [-0.3, -0.25) is 4.79 Å². The van der Waals surface area contributed by atoms with E-state index in [1.807, 2.05) is 32.9 Å². The van der Waals surface area contributed by atoms with E-state index in [4.69, 9.17) is 4.42 Å². The summed E-state index contributed by atoms with van der Waals surface area (Å²) in [6.07, 6.45) is 1.64. The molecule has 1 amide bonds. The second kappa shape index (κ2) is 5.57. The molecule has 19 heavy (non-hydrogen) atoms. The molecule has 0 saturated carbocycles. The van der Waals surface area contributed by atoms with Gasteiger partial charge in [0.25, 0.3) is 5.91 Å². The molecular weight excluding hydrogens is 308 g/mol. The summed E-state index contributed by atoms with van der Waals surface area (Å²) < 4.78 is 6.21. The number of benzene rings is 1. The average molecular weight is 323 g/mol. The zero-order chi connectivity index (χ0) is 14.0. The predicted molar refractivity (Wildman–Crippen MR) is 76.0 cm³/mol. The molecular formula is C14H15BrN2O2. The minimum Gasteiger partial charge on any atom is -0.444 e. The molecule has 1 atom stereocenters. The number of halogens is 1. The standard InChI is InChI=1S/C14H15BrN2O2/c1-8-5-4-6-11(12(8)15)13(18)17-10(3)14-16-7-9(2)19-14/h4-7,10H,1-3H3,(H,17,18). The van der Waals surface area contributed by atoms with Crippen LogP contribution in [-0.2, 0) is 0 Å². The van der Waals surface area contributed by atoms with Gasteiger partial charge in [0.1, 0.15) is 11.8 Å². The van der Waals surface area contributed by atoms with Crippen LogP contribution in [0.1, 0.15) is 40.5 Å². The second-order valence-corrected chi connectivity index (χ2v) is 5.23. The number of carbonyl (C=O) groups excluding carboxylic acids is 1. The van der Waals surface area contributed by atoms with Crippen molar-refractivity contribution in [2.24, 2.45) is 0 Å². The number of carbonyl (C=O) groups is 1. The Kier molecular flexibility index (Phi) is 4.04. The minimum absolute atomic E-state index is 0.154. The maximum absolute atomic E-state index is 12.2. The van der Waals surface area contributed by atoms with Crippen LogP contribution < -0.4 is 5.32 Å². The van der Waals surface area contributed by atoms with Crippen LogP contribution in [0, 0.1) is 13.8 Å². The third-order valence-corrected chi connectivity index (χ3v) is 3.85. The second-order valence-electron chi connectivity index (χ2n) is 4.44. The molecule has 0 fully saturated rings. The maximum atomic E-state index is 12.2. The van der Waals surface area contributed by atoms with Gasteiger partial charge in [-0.25, -0.2) is 4.98 Å². The zero-order valence-electron chi connectivity index (χ0n) is 11.0. The van der Waals surface area contributed by atoms with Crippen molar-refractivity contribution in [3.8, 4) is 0 Å². The van der Waals surface area contributed by atoms with Crippen LogP contribution in [0.5, 0.6) is 0 Å². The van der Waals surface area contributed by atoms with E-state index in [1.165, 1.54) is 0 Å². The molecule has 1 heterocycles. The number of rotatable bonds is 3. The molecule has 4 nitrogen and oxygen atoms in total. The highest BCUT2D eigenvalue weighted by molar-refractivity contribution is 9.10. The number of nitrogens with one attached hydrogen (secondary N) is 1. The number of hydrogen-bond donors (Lipinski definition) is 1. The number of aryl methyl sites for hydroxylation is 2. The van der Waals surface area contributed by atoms with Crippen molar-refractivity contribution in [2.45, 2.75) is 26.8 Å². The minimum atomic E-state index is -0.270. The van der Waals surface area contributed by atoms with E-state index in [0.29, 0.717) is 11.5 Å². The van der Waals surface area contributed by atoms with Crippen LogP contribution in [-0.4, -0.2) is 10.9 Å². The Bertz CT molecular complexity index is 607. The van der Waals surface area contributed by atoms with Crippen LogP contribution in [0.4, 0.5) is 0 Å². The Morgan fingerprint density at radius 2 is 2.16 bits per heavy atom. The molecule has 0 radical (unpaired) electrons. The van der Waals surface area contributed by atoms with Crippen molar-refractivity contribution in [2.75, 3.05) is 0 Å². The first-order valence-corrected chi connectivity index (χ1v) is 6.76. The van der Waals surface area contributed by atoms with Crippen LogP contribution in [0.3, 0.4) is 0 Å². The third kappa shape index (κ3) is 3.04. The molecule has 1 N–H and O–H groups in total. The third-order valence-electron chi connectivity index (χ3n) is 2.79. The van der Waals surface area contributed by atoms with Gasteiger partial charge in [-0.15, -0.1) is 0 Å². The molecule has 2 rings (SSSR count). The van der Waals surface area contributed by atoms with E-state index in [0.717, 1.165) is 15.8 Å². The fourth-order valence-electron chi connectivity index (χ4n) is 1.73. The summed E-state index contributed by atoms with van der Waals surface area (Å²) in [6, 6.07) is 5.31. The van der Waals surface area contributed by atoms with Gasteiger partial charge in [0.2, 0.25) is 5.89 Å². The molecule has 1 aromatic heterocycles. The lowest BCUT2D eigenvalue weighted by atomic mass is 10.1. The molecule has 0 aliphatic carbocycles. The van der Waals surface area contributed by atoms with E-state index in [-0.39, 0.29) is 11.9 Å². The molecule has 100 valence electrons. The van der Waals surface area contributed by atoms with Crippen LogP contribution >= 0.6 is 15.9 Å². The van der Waals surface area contributed by atoms with Crippen LogP contribution in [0.2, 0.25) is 0 Å². The van der Waals surface area contributed by atoms with E-state index < -0.39 is 0 Å². The molecule has 1 unspecified atom stereocenters. The highest BCUT2D eigenvalue weighted by Gasteiger charge is 2.17. The SMILES string of the molecule is Cc1cnc(C(C)NC(=O)c2cccc(C)c2Br)o1. The largest absolute Gasteiger partial charge is 0.444 e. The molecule has 5 heteroatoms. The van der Waals surface area contributed by atoms with Crippen molar-refractivity contribution in [1.29, 1.82) is 0 Å². The maximum Gasteiger partial charge on any atom is 0.253 e. The van der Waals surface area contributed by atoms with Crippen molar-refractivity contribution < 1.29 is 9.21 Å². The Hall–Kier alpha value is -1.62. The van der Waals surface area contributed by atoms with Gasteiger partial charge in [0.05, 0.1) is 11.8 Å². The topological polar surface area (TPSA) is 55.1 Å². The highest BCUT2D eigenvalue weighted by Crippen LogP contribution is 2.22. The van der Waals surface area contributed by atoms with Crippen molar-refractivity contribution in [3.63, 3.8) is 0 Å². The molecule has 1 aromatic carbocycles. The first kappa shape index (κ1) is 13.8. The Labute approximate surface area is 120 Å². The summed E-state index contributed by atoms with van der Waals surface area (Å²) >= 11 is 3.43. The van der Waals surface area contributed by atoms with E-state index in [1.54, 1.807) is 12.3 Å². The number of nitrogens with zero attached hydrogens (tertiary/aromatic N) is 1. The van der Waals surface area contributed by atoms with E-state index in [9.17, 15) is 4.79 Å². The van der Waals surface area contributed by atoms with E-state index in [2.05, 4.69) is 26.2 Å². The Morgan fingerprint density at radius 1 is 1.42 bits per heavy atom. The summed E-state index contributed by atoms with van der Waals surface area (Å²) in [6.45, 7) is 5.61. The fourth-order valence-corrected chi connectivity index (χ4v) is 2.18. The fraction of sp³-hybridized carbons (Fsp3) is 0.286. The molecule has 0 spiro atoms. The van der Waals surface area contributed by atoms with Gasteiger partial charge in [0, 0.05) is 4.47 Å². The summed E-state index contributed by atoms with van der Waals surface area (Å²) in [5.41, 5.74) is 1.63. The lowest BCUT2D eigenvalue weighted by Crippen LogP contribution is -2.27. The lowest BCUT2D eigenvalue weighted by molar-refractivity contribution is 0.0933. The van der Waals surface area contributed by atoms with Crippen molar-refractivity contribution in [1.82, 2.24) is 10.3 Å². The van der Waals surface area contributed by atoms with Gasteiger partial charge >= 0.3 is 0 Å². The predicted octanol–water partition coefficient (Wildman–Crippen LogP) is 3.54. The van der Waals surface area contributed by atoms with Crippen LogP contribution in [0.15, 0.2) is 33.3 Å². The van der Waals surface area contributed by atoms with Crippen molar-refractivity contribution >= 4 is 21.8 Å². The van der Waals surface area contributed by atoms with Gasteiger partial charge in [-0.2, -0.15) is 0 Å². The quantitative estimate of drug-likeness (QED) is 0.940. The molecule has 0 bridgehead atoms. The first-order valence-electron chi connectivity index (χ1n) is 5.97. The Morgan fingerprint density at radius 3 is 2.79 bits per heavy atom. The number of amides is 1. The number of oxazole rings is 1. The summed E-state index contributed by atoms with van der Waals surface area (Å²) in [4.78, 5) is 16.3. The van der Waals surface area contributed by atoms with Crippen molar-refractivity contribution in [3.05, 3.63) is 51.6 Å². The molecule has 0 saturated heterocycles. The Balaban J connectivity index is 2.15. The number of aromatic nitrogens is 1. The highest BCUT2D eigenvalue weighted by atomic mass is 79.9. The normalized spacial score (nSPS) is 12.2. The van der Waals surface area contributed by atoms with Gasteiger partial charge in [-0.1, -0.05) is 12.1 Å². The number of hydrogen-bond acceptors (Lipinski definition) is 3. The van der Waals surface area contributed by atoms with E-state index >= 15 is 0 Å². The van der Waals surface area contributed by atoms with Gasteiger partial charge < -0.3 is 9.73 Å². The zero-order valence-corrected chi connectivity index (χ0v) is 12.6. The smallest absolute Gasteiger partial charge is 0.253 e. The molecule has 2 aromatic rings. The molecule has 0 aliphatic heterocycles. The lowest BCUT2D eigenvalue weighted by Gasteiger charge is -2.12. The van der Waals surface area contributed by atoms with Gasteiger partial charge in [-0.05, 0) is 48.3 Å².